The van der Waals surface area contributed by atoms with Gasteiger partial charge in [0.2, 0.25) is 0 Å². The van der Waals surface area contributed by atoms with Crippen LogP contribution in [0.25, 0.3) is 0 Å². The molecule has 0 bridgehead atoms. The number of hydrogen-bond donors (Lipinski definition) is 0. The summed E-state index contributed by atoms with van der Waals surface area (Å²) in [6, 6.07) is 0. The van der Waals surface area contributed by atoms with Crippen LogP contribution < -0.4 is 0 Å². The van der Waals surface area contributed by atoms with Crippen molar-refractivity contribution in [2.45, 2.75) is 59.7 Å². The van der Waals surface area contributed by atoms with Gasteiger partial charge in [0, 0.05) is 19.7 Å². The second kappa shape index (κ2) is 10.7. The Bertz CT molecular complexity index is 381. The number of hydrogen-bond acceptors (Lipinski definition) is 5. The molecule has 1 rings (SSSR count). The molecule has 2 atom stereocenters. The minimum absolute atomic E-state index is 0.0643. The summed E-state index contributed by atoms with van der Waals surface area (Å²) in [4.78, 5) is 26.0. The standard InChI is InChI=1S/C18H33NO5/c1-13(2)9-19(10-14(3)4)17(20)12-24-18(21)15(5)23-11-16-7-6-8-22-16/h13-16H,6-12H2,1-5H3. The number of esters is 1. The van der Waals surface area contributed by atoms with Crippen LogP contribution in [0, 0.1) is 11.8 Å². The maximum atomic E-state index is 12.3. The lowest BCUT2D eigenvalue weighted by Gasteiger charge is -2.26. The van der Waals surface area contributed by atoms with Crippen LogP contribution in [0.4, 0.5) is 0 Å². The monoisotopic (exact) mass is 343 g/mol. The van der Waals surface area contributed by atoms with E-state index in [1.165, 1.54) is 0 Å². The minimum atomic E-state index is -0.689. The molecule has 0 radical (unpaired) electrons. The first kappa shape index (κ1) is 20.9. The molecule has 2 unspecified atom stereocenters. The molecule has 1 aliphatic heterocycles. The van der Waals surface area contributed by atoms with E-state index in [1.807, 2.05) is 0 Å². The number of carbonyl (C=O) groups is 2. The van der Waals surface area contributed by atoms with Gasteiger partial charge in [-0.2, -0.15) is 0 Å². The molecule has 0 spiro atoms. The molecule has 1 saturated heterocycles. The predicted molar refractivity (Wildman–Crippen MR) is 91.6 cm³/mol. The van der Waals surface area contributed by atoms with E-state index in [1.54, 1.807) is 11.8 Å². The fraction of sp³-hybridized carbons (Fsp3) is 0.889. The van der Waals surface area contributed by atoms with E-state index in [-0.39, 0.29) is 18.6 Å². The zero-order chi connectivity index (χ0) is 18.1. The van der Waals surface area contributed by atoms with E-state index in [0.29, 0.717) is 31.5 Å². The Morgan fingerprint density at radius 1 is 1.12 bits per heavy atom. The number of rotatable bonds is 10. The molecule has 0 aliphatic carbocycles. The first-order chi connectivity index (χ1) is 11.3. The van der Waals surface area contributed by atoms with Gasteiger partial charge < -0.3 is 19.1 Å². The summed E-state index contributed by atoms with van der Waals surface area (Å²) < 4.78 is 16.1. The molecule has 0 N–H and O–H groups in total. The average molecular weight is 343 g/mol. The van der Waals surface area contributed by atoms with Crippen LogP contribution in [-0.4, -0.2) is 61.9 Å². The van der Waals surface area contributed by atoms with E-state index in [9.17, 15) is 9.59 Å². The maximum absolute atomic E-state index is 12.3. The second-order valence-electron chi connectivity index (χ2n) is 7.30. The predicted octanol–water partition coefficient (Wildman–Crippen LogP) is 2.25. The molecule has 0 aromatic heterocycles. The summed E-state index contributed by atoms with van der Waals surface area (Å²) >= 11 is 0. The molecule has 0 aromatic rings. The Morgan fingerprint density at radius 2 is 1.75 bits per heavy atom. The largest absolute Gasteiger partial charge is 0.454 e. The summed E-state index contributed by atoms with van der Waals surface area (Å²) in [5, 5.41) is 0. The van der Waals surface area contributed by atoms with Crippen molar-refractivity contribution in [1.82, 2.24) is 4.90 Å². The molecule has 0 saturated carbocycles. The average Bonchev–Trinajstić information content (AvgIpc) is 3.01. The SMILES string of the molecule is CC(C)CN(CC(C)C)C(=O)COC(=O)C(C)OCC1CCCO1. The highest BCUT2D eigenvalue weighted by molar-refractivity contribution is 5.82. The molecule has 24 heavy (non-hydrogen) atoms. The summed E-state index contributed by atoms with van der Waals surface area (Å²) in [6.07, 6.45) is 1.36. The van der Waals surface area contributed by atoms with Crippen LogP contribution in [0.15, 0.2) is 0 Å². The normalized spacial score (nSPS) is 18.9. The highest BCUT2D eigenvalue weighted by atomic mass is 16.6. The number of amides is 1. The molecule has 1 amide bonds. The Hall–Kier alpha value is -1.14. The lowest BCUT2D eigenvalue weighted by molar-refractivity contribution is -0.162. The van der Waals surface area contributed by atoms with Gasteiger partial charge in [-0.05, 0) is 31.6 Å². The van der Waals surface area contributed by atoms with Gasteiger partial charge in [-0.3, -0.25) is 4.79 Å². The van der Waals surface area contributed by atoms with Gasteiger partial charge in [-0.15, -0.1) is 0 Å². The van der Waals surface area contributed by atoms with Gasteiger partial charge in [0.15, 0.2) is 12.7 Å². The molecule has 1 heterocycles. The molecular weight excluding hydrogens is 310 g/mol. The Balaban J connectivity index is 2.34. The Morgan fingerprint density at radius 3 is 2.25 bits per heavy atom. The van der Waals surface area contributed by atoms with E-state index in [2.05, 4.69) is 27.7 Å². The van der Waals surface area contributed by atoms with Crippen molar-refractivity contribution in [1.29, 1.82) is 0 Å². The van der Waals surface area contributed by atoms with Gasteiger partial charge >= 0.3 is 5.97 Å². The van der Waals surface area contributed by atoms with Gasteiger partial charge in [0.05, 0.1) is 12.7 Å². The maximum Gasteiger partial charge on any atom is 0.335 e. The Kier molecular flexibility index (Phi) is 9.29. The number of ether oxygens (including phenoxy) is 3. The zero-order valence-corrected chi connectivity index (χ0v) is 15.7. The first-order valence-electron chi connectivity index (χ1n) is 8.97. The minimum Gasteiger partial charge on any atom is -0.454 e. The van der Waals surface area contributed by atoms with Crippen LogP contribution in [0.1, 0.15) is 47.5 Å². The van der Waals surface area contributed by atoms with Gasteiger partial charge in [-0.25, -0.2) is 4.79 Å². The molecule has 140 valence electrons. The Labute approximate surface area is 145 Å². The van der Waals surface area contributed by atoms with E-state index in [0.717, 1.165) is 19.4 Å². The molecule has 6 heteroatoms. The van der Waals surface area contributed by atoms with E-state index >= 15 is 0 Å². The van der Waals surface area contributed by atoms with Crippen molar-refractivity contribution in [3.63, 3.8) is 0 Å². The molecule has 0 aromatic carbocycles. The van der Waals surface area contributed by atoms with E-state index in [4.69, 9.17) is 14.2 Å². The van der Waals surface area contributed by atoms with E-state index < -0.39 is 12.1 Å². The van der Waals surface area contributed by atoms with Crippen molar-refractivity contribution in [2.75, 3.05) is 32.9 Å². The fourth-order valence-electron chi connectivity index (χ4n) is 2.60. The fourth-order valence-corrected chi connectivity index (χ4v) is 2.60. The summed E-state index contributed by atoms with van der Waals surface area (Å²) in [5.41, 5.74) is 0. The highest BCUT2D eigenvalue weighted by Crippen LogP contribution is 2.13. The second-order valence-corrected chi connectivity index (χ2v) is 7.30. The quantitative estimate of drug-likeness (QED) is 0.569. The smallest absolute Gasteiger partial charge is 0.335 e. The molecule has 1 aliphatic rings. The third-order valence-corrected chi connectivity index (χ3v) is 3.75. The highest BCUT2D eigenvalue weighted by Gasteiger charge is 2.23. The van der Waals surface area contributed by atoms with Gasteiger partial charge in [0.1, 0.15) is 0 Å². The lowest BCUT2D eigenvalue weighted by Crippen LogP contribution is -2.40. The van der Waals surface area contributed by atoms with Gasteiger partial charge in [-0.1, -0.05) is 27.7 Å². The van der Waals surface area contributed by atoms with Crippen molar-refractivity contribution in [3.8, 4) is 0 Å². The first-order valence-corrected chi connectivity index (χ1v) is 8.97. The lowest BCUT2D eigenvalue weighted by atomic mass is 10.1. The summed E-state index contributed by atoms with van der Waals surface area (Å²) in [7, 11) is 0. The van der Waals surface area contributed by atoms with Crippen LogP contribution in [0.2, 0.25) is 0 Å². The zero-order valence-electron chi connectivity index (χ0n) is 15.7. The van der Waals surface area contributed by atoms with Gasteiger partial charge in [0.25, 0.3) is 5.91 Å². The van der Waals surface area contributed by atoms with Crippen molar-refractivity contribution in [2.24, 2.45) is 11.8 Å². The molecule has 1 fully saturated rings. The van der Waals surface area contributed by atoms with Crippen LogP contribution in [0.5, 0.6) is 0 Å². The van der Waals surface area contributed by atoms with Crippen LogP contribution in [-0.2, 0) is 23.8 Å². The van der Waals surface area contributed by atoms with Crippen LogP contribution >= 0.6 is 0 Å². The number of nitrogens with zero attached hydrogens (tertiary/aromatic N) is 1. The molecule has 6 nitrogen and oxygen atoms in total. The van der Waals surface area contributed by atoms with Crippen LogP contribution in [0.3, 0.4) is 0 Å². The summed E-state index contributed by atoms with van der Waals surface area (Å²) in [6.45, 7) is 12.1. The van der Waals surface area contributed by atoms with Crippen molar-refractivity contribution >= 4 is 11.9 Å². The van der Waals surface area contributed by atoms with Crippen molar-refractivity contribution < 1.29 is 23.8 Å². The summed E-state index contributed by atoms with van der Waals surface area (Å²) in [5.74, 6) is 0.0848. The number of carbonyl (C=O) groups excluding carboxylic acids is 2. The topological polar surface area (TPSA) is 65.1 Å². The van der Waals surface area contributed by atoms with Crippen molar-refractivity contribution in [3.05, 3.63) is 0 Å². The molecular formula is C18H33NO5. The third-order valence-electron chi connectivity index (χ3n) is 3.75. The third kappa shape index (κ3) is 8.11.